The Morgan fingerprint density at radius 3 is 2.59 bits per heavy atom. The maximum Gasteiger partial charge on any atom is 0.133 e. The van der Waals surface area contributed by atoms with Gasteiger partial charge in [-0.15, -0.1) is 0 Å². The molecule has 0 atom stereocenters. The molecule has 1 fully saturated rings. The van der Waals surface area contributed by atoms with E-state index in [0.29, 0.717) is 12.3 Å². The number of methoxy groups -OCH3 is 1. The quantitative estimate of drug-likeness (QED) is 0.902. The fraction of sp³-hybridized carbons (Fsp3) is 0.538. The van der Waals surface area contributed by atoms with E-state index >= 15 is 0 Å². The van der Waals surface area contributed by atoms with Gasteiger partial charge in [0.2, 0.25) is 0 Å². The van der Waals surface area contributed by atoms with E-state index in [1.807, 2.05) is 6.07 Å². The number of nitrogens with two attached hydrogens (primary N) is 1. The van der Waals surface area contributed by atoms with E-state index in [9.17, 15) is 5.11 Å². The van der Waals surface area contributed by atoms with Crippen LogP contribution in [0.4, 0.5) is 0 Å². The summed E-state index contributed by atoms with van der Waals surface area (Å²) in [6, 6.07) is 3.61. The second-order valence-corrected chi connectivity index (χ2v) is 5.55. The highest BCUT2D eigenvalue weighted by Crippen LogP contribution is 2.46. The third-order valence-corrected chi connectivity index (χ3v) is 4.41. The Balaban J connectivity index is 2.50. The summed E-state index contributed by atoms with van der Waals surface area (Å²) in [6.07, 6.45) is 4.44. The third-order valence-electron chi connectivity index (χ3n) is 3.79. The lowest BCUT2D eigenvalue weighted by Crippen LogP contribution is -2.32. The van der Waals surface area contributed by atoms with Crippen LogP contribution in [0.5, 0.6) is 11.5 Å². The summed E-state index contributed by atoms with van der Waals surface area (Å²) in [6.45, 7) is 0.575. The first-order valence-electron chi connectivity index (χ1n) is 5.90. The normalized spacial score (nSPS) is 18.3. The average Bonchev–Trinajstić information content (AvgIpc) is 2.79. The van der Waals surface area contributed by atoms with Crippen LogP contribution in [0.25, 0.3) is 0 Å². The van der Waals surface area contributed by atoms with E-state index in [4.69, 9.17) is 10.5 Å². The largest absolute Gasteiger partial charge is 0.508 e. The van der Waals surface area contributed by atoms with E-state index in [1.54, 1.807) is 13.2 Å². The lowest BCUT2D eigenvalue weighted by Gasteiger charge is -2.29. The molecule has 0 amide bonds. The molecule has 0 aromatic heterocycles. The maximum atomic E-state index is 10.1. The molecule has 1 saturated carbocycles. The summed E-state index contributed by atoms with van der Waals surface area (Å²) in [4.78, 5) is 0. The molecule has 1 aromatic rings. The van der Waals surface area contributed by atoms with Crippen molar-refractivity contribution in [3.8, 4) is 11.5 Å². The van der Waals surface area contributed by atoms with Gasteiger partial charge in [-0.25, -0.2) is 0 Å². The molecule has 1 aliphatic carbocycles. The van der Waals surface area contributed by atoms with Crippen LogP contribution in [-0.4, -0.2) is 18.8 Å². The van der Waals surface area contributed by atoms with Gasteiger partial charge >= 0.3 is 0 Å². The fourth-order valence-electron chi connectivity index (χ4n) is 2.76. The molecule has 3 nitrogen and oxygen atoms in total. The number of aromatic hydroxyl groups is 1. The maximum absolute atomic E-state index is 10.1. The Morgan fingerprint density at radius 1 is 1.41 bits per heavy atom. The van der Waals surface area contributed by atoms with E-state index in [1.165, 1.54) is 12.8 Å². The van der Waals surface area contributed by atoms with Gasteiger partial charge in [0.1, 0.15) is 11.5 Å². The van der Waals surface area contributed by atoms with Crippen molar-refractivity contribution in [3.05, 3.63) is 22.2 Å². The second-order valence-electron chi connectivity index (χ2n) is 4.70. The topological polar surface area (TPSA) is 55.5 Å². The number of hydrogen-bond acceptors (Lipinski definition) is 3. The molecule has 2 rings (SSSR count). The van der Waals surface area contributed by atoms with Gasteiger partial charge in [0.05, 0.1) is 11.6 Å². The summed E-state index contributed by atoms with van der Waals surface area (Å²) in [7, 11) is 1.63. The molecule has 0 bridgehead atoms. The molecule has 1 aliphatic rings. The van der Waals surface area contributed by atoms with Crippen molar-refractivity contribution in [2.24, 2.45) is 5.73 Å². The Morgan fingerprint density at radius 2 is 2.06 bits per heavy atom. The molecule has 0 aliphatic heterocycles. The molecule has 3 N–H and O–H groups in total. The van der Waals surface area contributed by atoms with Crippen LogP contribution in [0.2, 0.25) is 0 Å². The van der Waals surface area contributed by atoms with Crippen LogP contribution in [-0.2, 0) is 5.41 Å². The first-order chi connectivity index (χ1) is 8.13. The molecule has 4 heteroatoms. The molecule has 1 aromatic carbocycles. The summed E-state index contributed by atoms with van der Waals surface area (Å²) >= 11 is 3.37. The molecular weight excluding hydrogens is 282 g/mol. The number of hydrogen-bond donors (Lipinski definition) is 2. The van der Waals surface area contributed by atoms with Gasteiger partial charge < -0.3 is 15.6 Å². The van der Waals surface area contributed by atoms with Gasteiger partial charge in [-0.2, -0.15) is 0 Å². The van der Waals surface area contributed by atoms with Crippen molar-refractivity contribution in [2.75, 3.05) is 13.7 Å². The van der Waals surface area contributed by atoms with Crippen molar-refractivity contribution < 1.29 is 9.84 Å². The monoisotopic (exact) mass is 299 g/mol. The molecule has 0 unspecified atom stereocenters. The van der Waals surface area contributed by atoms with Gasteiger partial charge in [0.25, 0.3) is 0 Å². The van der Waals surface area contributed by atoms with Crippen LogP contribution in [0.15, 0.2) is 16.6 Å². The van der Waals surface area contributed by atoms with Crippen LogP contribution in [0.1, 0.15) is 31.2 Å². The fourth-order valence-corrected chi connectivity index (χ4v) is 3.25. The van der Waals surface area contributed by atoms with Gasteiger partial charge in [-0.05, 0) is 40.9 Å². The van der Waals surface area contributed by atoms with Crippen LogP contribution >= 0.6 is 15.9 Å². The Labute approximate surface area is 110 Å². The SMILES string of the molecule is COc1cc(C2(CN)CCCC2)c(O)cc1Br. The van der Waals surface area contributed by atoms with Crippen LogP contribution < -0.4 is 10.5 Å². The minimum atomic E-state index is -0.0714. The first-order valence-corrected chi connectivity index (χ1v) is 6.69. The number of halogens is 1. The smallest absolute Gasteiger partial charge is 0.133 e. The zero-order valence-corrected chi connectivity index (χ0v) is 11.6. The zero-order chi connectivity index (χ0) is 12.5. The Bertz CT molecular complexity index is 414. The molecular formula is C13H18BrNO2. The summed E-state index contributed by atoms with van der Waals surface area (Å²) in [5, 5.41) is 10.1. The Kier molecular flexibility index (Phi) is 3.64. The Hall–Kier alpha value is -0.740. The van der Waals surface area contributed by atoms with E-state index < -0.39 is 0 Å². The molecule has 0 radical (unpaired) electrons. The van der Waals surface area contributed by atoms with Crippen molar-refractivity contribution in [2.45, 2.75) is 31.1 Å². The van der Waals surface area contributed by atoms with E-state index in [0.717, 1.165) is 28.6 Å². The lowest BCUT2D eigenvalue weighted by molar-refractivity contribution is 0.387. The predicted octanol–water partition coefficient (Wildman–Crippen LogP) is 2.93. The van der Waals surface area contributed by atoms with E-state index in [2.05, 4.69) is 15.9 Å². The summed E-state index contributed by atoms with van der Waals surface area (Å²) < 4.78 is 6.06. The predicted molar refractivity (Wildman–Crippen MR) is 71.6 cm³/mol. The van der Waals surface area contributed by atoms with Crippen LogP contribution in [0, 0.1) is 0 Å². The molecule has 0 heterocycles. The molecule has 94 valence electrons. The average molecular weight is 300 g/mol. The van der Waals surface area contributed by atoms with Gasteiger partial charge in [-0.1, -0.05) is 12.8 Å². The van der Waals surface area contributed by atoms with Crippen LogP contribution in [0.3, 0.4) is 0 Å². The first kappa shape index (κ1) is 12.7. The third kappa shape index (κ3) is 2.16. The van der Waals surface area contributed by atoms with E-state index in [-0.39, 0.29) is 5.41 Å². The standard InChI is InChI=1S/C13H18BrNO2/c1-17-12-6-9(11(16)7-10(12)14)13(8-15)4-2-3-5-13/h6-7,16H,2-5,8,15H2,1H3. The highest BCUT2D eigenvalue weighted by Gasteiger charge is 2.36. The highest BCUT2D eigenvalue weighted by molar-refractivity contribution is 9.10. The highest BCUT2D eigenvalue weighted by atomic mass is 79.9. The minimum Gasteiger partial charge on any atom is -0.508 e. The number of phenols is 1. The number of benzene rings is 1. The summed E-state index contributed by atoms with van der Waals surface area (Å²) in [5.41, 5.74) is 6.79. The second kappa shape index (κ2) is 4.86. The minimum absolute atomic E-state index is 0.0714. The zero-order valence-electron chi connectivity index (χ0n) is 10.0. The number of phenolic OH excluding ortho intramolecular Hbond substituents is 1. The molecule has 0 spiro atoms. The number of rotatable bonds is 3. The molecule has 17 heavy (non-hydrogen) atoms. The lowest BCUT2D eigenvalue weighted by atomic mass is 9.78. The van der Waals surface area contributed by atoms with Crippen molar-refractivity contribution in [3.63, 3.8) is 0 Å². The number of ether oxygens (including phenoxy) is 1. The van der Waals surface area contributed by atoms with Crippen molar-refractivity contribution in [1.29, 1.82) is 0 Å². The molecule has 0 saturated heterocycles. The van der Waals surface area contributed by atoms with Gasteiger partial charge in [0.15, 0.2) is 0 Å². The van der Waals surface area contributed by atoms with Crippen molar-refractivity contribution in [1.82, 2.24) is 0 Å². The van der Waals surface area contributed by atoms with Gasteiger partial charge in [0, 0.05) is 17.5 Å². The van der Waals surface area contributed by atoms with Crippen molar-refractivity contribution >= 4 is 15.9 Å². The summed E-state index contributed by atoms with van der Waals surface area (Å²) in [5.74, 6) is 1.06. The van der Waals surface area contributed by atoms with Gasteiger partial charge in [-0.3, -0.25) is 0 Å².